The fourth-order valence-corrected chi connectivity index (χ4v) is 3.67. The van der Waals surface area contributed by atoms with Gasteiger partial charge in [0.05, 0.1) is 18.0 Å². The summed E-state index contributed by atoms with van der Waals surface area (Å²) in [7, 11) is 0. The average Bonchev–Trinajstić information content (AvgIpc) is 3.11. The number of piperazine rings is 1. The molecule has 2 aromatic heterocycles. The molecule has 3 rings (SSSR count). The SMILES string of the molecule is CCOC(=O)N1CCN(C(=O)c2snc(-c3ccccn3)c2NC(C)=O)CC1. The second-order valence-electron chi connectivity index (χ2n) is 6.11. The van der Waals surface area contributed by atoms with E-state index >= 15 is 0 Å². The zero-order valence-electron chi connectivity index (χ0n) is 15.7. The molecular formula is C18H21N5O4S. The highest BCUT2D eigenvalue weighted by atomic mass is 32.1. The number of anilines is 1. The standard InChI is InChI=1S/C18H21N5O4S/c1-3-27-18(26)23-10-8-22(9-11-23)17(25)16-15(20-12(2)24)14(21-28-16)13-6-4-5-7-19-13/h4-7H,3,8-11H2,1-2H3,(H,20,24). The highest BCUT2D eigenvalue weighted by molar-refractivity contribution is 7.09. The number of carbonyl (C=O) groups excluding carboxylic acids is 3. The molecule has 0 aromatic carbocycles. The Labute approximate surface area is 166 Å². The molecule has 3 amide bonds. The molecule has 9 nitrogen and oxygen atoms in total. The molecule has 1 saturated heterocycles. The van der Waals surface area contributed by atoms with E-state index in [0.717, 1.165) is 11.5 Å². The van der Waals surface area contributed by atoms with Gasteiger partial charge in [0.25, 0.3) is 5.91 Å². The van der Waals surface area contributed by atoms with Crippen molar-refractivity contribution in [2.45, 2.75) is 13.8 Å². The summed E-state index contributed by atoms with van der Waals surface area (Å²) in [5.41, 5.74) is 1.41. The van der Waals surface area contributed by atoms with Gasteiger partial charge in [0.2, 0.25) is 5.91 Å². The van der Waals surface area contributed by atoms with Crippen LogP contribution in [0.15, 0.2) is 24.4 Å². The number of hydrogen-bond acceptors (Lipinski definition) is 7. The maximum Gasteiger partial charge on any atom is 0.409 e. The van der Waals surface area contributed by atoms with E-state index in [1.54, 1.807) is 35.1 Å². The van der Waals surface area contributed by atoms with Gasteiger partial charge in [-0.1, -0.05) is 6.07 Å². The van der Waals surface area contributed by atoms with Crippen LogP contribution in [-0.4, -0.2) is 69.9 Å². The lowest BCUT2D eigenvalue weighted by molar-refractivity contribution is -0.114. The molecule has 10 heteroatoms. The third-order valence-electron chi connectivity index (χ3n) is 4.19. The maximum atomic E-state index is 13.0. The number of aromatic nitrogens is 2. The van der Waals surface area contributed by atoms with E-state index in [2.05, 4.69) is 14.7 Å². The van der Waals surface area contributed by atoms with Crippen LogP contribution in [0.25, 0.3) is 11.4 Å². The van der Waals surface area contributed by atoms with Crippen LogP contribution in [0.4, 0.5) is 10.5 Å². The maximum absolute atomic E-state index is 13.0. The minimum Gasteiger partial charge on any atom is -0.450 e. The van der Waals surface area contributed by atoms with Crippen LogP contribution in [0.1, 0.15) is 23.5 Å². The molecule has 0 aliphatic carbocycles. The van der Waals surface area contributed by atoms with Crippen molar-refractivity contribution in [1.82, 2.24) is 19.2 Å². The van der Waals surface area contributed by atoms with E-state index in [-0.39, 0.29) is 17.9 Å². The highest BCUT2D eigenvalue weighted by Crippen LogP contribution is 2.33. The Kier molecular flexibility index (Phi) is 6.19. The van der Waals surface area contributed by atoms with E-state index in [4.69, 9.17) is 4.74 Å². The van der Waals surface area contributed by atoms with Crippen molar-refractivity contribution in [2.24, 2.45) is 0 Å². The van der Waals surface area contributed by atoms with Gasteiger partial charge in [0.1, 0.15) is 10.6 Å². The molecule has 0 atom stereocenters. The van der Waals surface area contributed by atoms with Crippen LogP contribution in [0.5, 0.6) is 0 Å². The van der Waals surface area contributed by atoms with Crippen molar-refractivity contribution in [3.63, 3.8) is 0 Å². The predicted molar refractivity (Wildman–Crippen MR) is 104 cm³/mol. The first-order valence-corrected chi connectivity index (χ1v) is 9.68. The molecule has 0 bridgehead atoms. The predicted octanol–water partition coefficient (Wildman–Crippen LogP) is 2.08. The third-order valence-corrected chi connectivity index (χ3v) is 5.02. The molecule has 0 saturated carbocycles. The molecule has 1 fully saturated rings. The van der Waals surface area contributed by atoms with E-state index in [1.807, 2.05) is 6.07 Å². The lowest BCUT2D eigenvalue weighted by Gasteiger charge is -2.33. The Morgan fingerprint density at radius 1 is 1.18 bits per heavy atom. The molecule has 0 unspecified atom stereocenters. The second-order valence-corrected chi connectivity index (χ2v) is 6.88. The lowest BCUT2D eigenvalue weighted by atomic mass is 10.2. The number of rotatable bonds is 4. The van der Waals surface area contributed by atoms with Crippen molar-refractivity contribution in [3.8, 4) is 11.4 Å². The minimum atomic E-state index is -0.372. The summed E-state index contributed by atoms with van der Waals surface area (Å²) in [6, 6.07) is 5.37. The smallest absolute Gasteiger partial charge is 0.409 e. The monoisotopic (exact) mass is 403 g/mol. The van der Waals surface area contributed by atoms with Crippen LogP contribution < -0.4 is 5.32 Å². The third kappa shape index (κ3) is 4.28. The number of carbonyl (C=O) groups is 3. The van der Waals surface area contributed by atoms with Crippen LogP contribution in [0.3, 0.4) is 0 Å². The van der Waals surface area contributed by atoms with Crippen molar-refractivity contribution < 1.29 is 19.1 Å². The molecule has 2 aromatic rings. The van der Waals surface area contributed by atoms with Crippen LogP contribution in [0.2, 0.25) is 0 Å². The summed E-state index contributed by atoms with van der Waals surface area (Å²) >= 11 is 1.03. The van der Waals surface area contributed by atoms with E-state index in [1.165, 1.54) is 6.92 Å². The number of ether oxygens (including phenoxy) is 1. The van der Waals surface area contributed by atoms with Gasteiger partial charge in [-0.25, -0.2) is 4.79 Å². The number of nitrogens with zero attached hydrogens (tertiary/aromatic N) is 4. The first-order chi connectivity index (χ1) is 13.5. The molecule has 0 radical (unpaired) electrons. The molecule has 1 aliphatic rings. The highest BCUT2D eigenvalue weighted by Gasteiger charge is 2.30. The first-order valence-electron chi connectivity index (χ1n) is 8.91. The van der Waals surface area contributed by atoms with E-state index in [0.29, 0.717) is 54.7 Å². The fraction of sp³-hybridized carbons (Fsp3) is 0.389. The van der Waals surface area contributed by atoms with Crippen LogP contribution in [-0.2, 0) is 9.53 Å². The fourth-order valence-electron chi connectivity index (χ4n) is 2.86. The zero-order valence-corrected chi connectivity index (χ0v) is 16.5. The van der Waals surface area contributed by atoms with E-state index < -0.39 is 0 Å². The van der Waals surface area contributed by atoms with Crippen molar-refractivity contribution >= 4 is 35.1 Å². The zero-order chi connectivity index (χ0) is 20.1. The second kappa shape index (κ2) is 8.79. The Morgan fingerprint density at radius 3 is 2.50 bits per heavy atom. The molecule has 3 heterocycles. The number of hydrogen-bond donors (Lipinski definition) is 1. The van der Waals surface area contributed by atoms with Gasteiger partial charge < -0.3 is 19.9 Å². The van der Waals surface area contributed by atoms with Crippen LogP contribution >= 0.6 is 11.5 Å². The first kappa shape index (κ1) is 19.7. The number of amides is 3. The van der Waals surface area contributed by atoms with Crippen molar-refractivity contribution in [1.29, 1.82) is 0 Å². The largest absolute Gasteiger partial charge is 0.450 e. The van der Waals surface area contributed by atoms with Gasteiger partial charge in [-0.15, -0.1) is 0 Å². The summed E-state index contributed by atoms with van der Waals surface area (Å²) in [5.74, 6) is -0.523. The lowest BCUT2D eigenvalue weighted by Crippen LogP contribution is -2.50. The Bertz CT molecular complexity index is 862. The molecule has 0 spiro atoms. The summed E-state index contributed by atoms with van der Waals surface area (Å²) in [6.07, 6.45) is 1.26. The van der Waals surface area contributed by atoms with Gasteiger partial charge in [0.15, 0.2) is 0 Å². The van der Waals surface area contributed by atoms with Gasteiger partial charge in [0, 0.05) is 39.3 Å². The number of pyridine rings is 1. The normalized spacial score (nSPS) is 13.9. The quantitative estimate of drug-likeness (QED) is 0.838. The van der Waals surface area contributed by atoms with Crippen molar-refractivity contribution in [2.75, 3.05) is 38.1 Å². The molecule has 1 aliphatic heterocycles. The van der Waals surface area contributed by atoms with Gasteiger partial charge >= 0.3 is 6.09 Å². The molecule has 28 heavy (non-hydrogen) atoms. The Hall–Kier alpha value is -3.01. The summed E-state index contributed by atoms with van der Waals surface area (Å²) in [6.45, 7) is 5.01. The summed E-state index contributed by atoms with van der Waals surface area (Å²) < 4.78 is 9.35. The number of nitrogens with one attached hydrogen (secondary N) is 1. The summed E-state index contributed by atoms with van der Waals surface area (Å²) in [4.78, 5) is 44.4. The molecule has 1 N–H and O–H groups in total. The molecule has 148 valence electrons. The minimum absolute atomic E-state index is 0.230. The van der Waals surface area contributed by atoms with Gasteiger partial charge in [-0.2, -0.15) is 4.37 Å². The molecular weight excluding hydrogens is 382 g/mol. The van der Waals surface area contributed by atoms with E-state index in [9.17, 15) is 14.4 Å². The Balaban J connectivity index is 1.80. The summed E-state index contributed by atoms with van der Waals surface area (Å²) in [5, 5.41) is 2.72. The van der Waals surface area contributed by atoms with Gasteiger partial charge in [-0.05, 0) is 30.6 Å². The van der Waals surface area contributed by atoms with Crippen LogP contribution in [0, 0.1) is 0 Å². The van der Waals surface area contributed by atoms with Crippen molar-refractivity contribution in [3.05, 3.63) is 29.3 Å². The van der Waals surface area contributed by atoms with Gasteiger partial charge in [-0.3, -0.25) is 14.6 Å². The average molecular weight is 403 g/mol. The topological polar surface area (TPSA) is 105 Å². The Morgan fingerprint density at radius 2 is 1.89 bits per heavy atom.